The van der Waals surface area contributed by atoms with Gasteiger partial charge < -0.3 is 15.4 Å². The third-order valence-corrected chi connectivity index (χ3v) is 4.17. The summed E-state index contributed by atoms with van der Waals surface area (Å²) in [5.74, 6) is 1.79. The highest BCUT2D eigenvalue weighted by molar-refractivity contribution is 5.95. The standard InChI is InChI=1S/C17H15F5N6O2/c18-9-6-25-16(26-7-9)28(24)12-4-5-27(8-11(12)23)15(29)10-2-1-3-13(14(10)19)30-17(20,21)22/h1-3,6-7H,4-5,8,23-24H2. The molecule has 13 heteroatoms. The lowest BCUT2D eigenvalue weighted by molar-refractivity contribution is -0.275. The summed E-state index contributed by atoms with van der Waals surface area (Å²) in [4.78, 5) is 21.2. The number of hydrogen-bond donors (Lipinski definition) is 2. The van der Waals surface area contributed by atoms with Crippen molar-refractivity contribution < 1.29 is 31.5 Å². The smallest absolute Gasteiger partial charge is 0.403 e. The van der Waals surface area contributed by atoms with Gasteiger partial charge in [0, 0.05) is 18.7 Å². The second kappa shape index (κ2) is 8.10. The molecule has 1 aromatic heterocycles. The molecule has 1 aromatic carbocycles. The van der Waals surface area contributed by atoms with E-state index in [1.165, 1.54) is 0 Å². The van der Waals surface area contributed by atoms with Crippen molar-refractivity contribution in [3.63, 3.8) is 0 Å². The number of amides is 1. The van der Waals surface area contributed by atoms with Crippen molar-refractivity contribution >= 4 is 11.9 Å². The molecule has 3 rings (SSSR count). The highest BCUT2D eigenvalue weighted by Gasteiger charge is 2.34. The number of hydrazine groups is 1. The quantitative estimate of drug-likeness (QED) is 0.434. The fraction of sp³-hybridized carbons (Fsp3) is 0.235. The molecule has 1 aliphatic rings. The predicted molar refractivity (Wildman–Crippen MR) is 93.5 cm³/mol. The molecule has 2 heterocycles. The van der Waals surface area contributed by atoms with Gasteiger partial charge in [-0.1, -0.05) is 6.07 Å². The summed E-state index contributed by atoms with van der Waals surface area (Å²) in [6.45, 7) is -0.138. The molecule has 0 saturated heterocycles. The topological polar surface area (TPSA) is 111 Å². The number of carbonyl (C=O) groups excluding carboxylic acids is 1. The van der Waals surface area contributed by atoms with Gasteiger partial charge in [0.15, 0.2) is 17.4 Å². The Labute approximate surface area is 166 Å². The Hall–Kier alpha value is -3.48. The van der Waals surface area contributed by atoms with Crippen LogP contribution in [0.4, 0.5) is 27.9 Å². The van der Waals surface area contributed by atoms with Crippen LogP contribution in [-0.4, -0.2) is 40.2 Å². The van der Waals surface area contributed by atoms with Gasteiger partial charge in [0.1, 0.15) is 0 Å². The minimum absolute atomic E-state index is 0.0304. The fourth-order valence-corrected chi connectivity index (χ4v) is 2.83. The summed E-state index contributed by atoms with van der Waals surface area (Å²) in [6.07, 6.45) is -3.16. The number of carbonyl (C=O) groups is 1. The van der Waals surface area contributed by atoms with Crippen molar-refractivity contribution in [2.24, 2.45) is 11.6 Å². The lowest BCUT2D eigenvalue weighted by atomic mass is 10.1. The molecule has 1 aliphatic heterocycles. The summed E-state index contributed by atoms with van der Waals surface area (Å²) in [7, 11) is 0. The van der Waals surface area contributed by atoms with Gasteiger partial charge in [-0.3, -0.25) is 4.79 Å². The Kier molecular flexibility index (Phi) is 5.73. The van der Waals surface area contributed by atoms with Crippen LogP contribution in [-0.2, 0) is 0 Å². The Morgan fingerprint density at radius 2 is 1.87 bits per heavy atom. The first-order valence-electron chi connectivity index (χ1n) is 8.40. The first-order chi connectivity index (χ1) is 14.1. The van der Waals surface area contributed by atoms with Gasteiger partial charge in [-0.2, -0.15) is 0 Å². The Bertz CT molecular complexity index is 980. The minimum Gasteiger partial charge on any atom is -0.403 e. The third kappa shape index (κ3) is 4.56. The van der Waals surface area contributed by atoms with Gasteiger partial charge >= 0.3 is 6.36 Å². The van der Waals surface area contributed by atoms with Crippen LogP contribution in [0.3, 0.4) is 0 Å². The first-order valence-corrected chi connectivity index (χ1v) is 8.40. The molecule has 0 bridgehead atoms. The maximum absolute atomic E-state index is 14.4. The zero-order valence-corrected chi connectivity index (χ0v) is 15.2. The number of ether oxygens (including phenoxy) is 1. The zero-order chi connectivity index (χ0) is 22.1. The van der Waals surface area contributed by atoms with E-state index in [0.29, 0.717) is 5.70 Å². The van der Waals surface area contributed by atoms with Crippen molar-refractivity contribution in [2.75, 3.05) is 18.1 Å². The molecule has 1 amide bonds. The zero-order valence-electron chi connectivity index (χ0n) is 15.2. The molecule has 0 spiro atoms. The molecular weight excluding hydrogens is 415 g/mol. The summed E-state index contributed by atoms with van der Waals surface area (Å²) < 4.78 is 68.1. The molecule has 0 fully saturated rings. The van der Waals surface area contributed by atoms with Crippen molar-refractivity contribution in [3.8, 4) is 5.75 Å². The van der Waals surface area contributed by atoms with Crippen LogP contribution in [0.25, 0.3) is 0 Å². The summed E-state index contributed by atoms with van der Waals surface area (Å²) in [5.41, 5.74) is 5.87. The summed E-state index contributed by atoms with van der Waals surface area (Å²) in [6, 6.07) is 2.87. The minimum atomic E-state index is -5.11. The molecule has 8 nitrogen and oxygen atoms in total. The van der Waals surface area contributed by atoms with Crippen LogP contribution in [0.5, 0.6) is 5.75 Å². The van der Waals surface area contributed by atoms with Gasteiger partial charge in [-0.05, 0) is 12.1 Å². The van der Waals surface area contributed by atoms with Gasteiger partial charge in [0.25, 0.3) is 5.91 Å². The van der Waals surface area contributed by atoms with Crippen molar-refractivity contribution in [3.05, 3.63) is 59.2 Å². The number of nitrogens with two attached hydrogens (primary N) is 2. The van der Waals surface area contributed by atoms with Crippen LogP contribution in [0.2, 0.25) is 0 Å². The first kappa shape index (κ1) is 21.2. The lowest BCUT2D eigenvalue weighted by Crippen LogP contribution is -2.44. The predicted octanol–water partition coefficient (Wildman–Crippen LogP) is 2.05. The van der Waals surface area contributed by atoms with E-state index in [0.717, 1.165) is 40.5 Å². The van der Waals surface area contributed by atoms with E-state index in [9.17, 15) is 26.7 Å². The average Bonchev–Trinajstić information content (AvgIpc) is 2.68. The van der Waals surface area contributed by atoms with Crippen LogP contribution < -0.4 is 21.3 Å². The van der Waals surface area contributed by atoms with E-state index in [4.69, 9.17) is 11.6 Å². The number of anilines is 1. The molecule has 2 aromatic rings. The van der Waals surface area contributed by atoms with Crippen LogP contribution in [0, 0.1) is 11.6 Å². The highest BCUT2D eigenvalue weighted by atomic mass is 19.4. The normalized spacial score (nSPS) is 14.7. The van der Waals surface area contributed by atoms with E-state index >= 15 is 0 Å². The average molecular weight is 430 g/mol. The number of halogens is 5. The van der Waals surface area contributed by atoms with Crippen molar-refractivity contribution in [2.45, 2.75) is 12.8 Å². The van der Waals surface area contributed by atoms with E-state index in [-0.39, 0.29) is 31.2 Å². The maximum atomic E-state index is 14.4. The SMILES string of the molecule is NC1=C(N(N)c2ncc(F)cn2)CCN(C(=O)c2cccc(OC(F)(F)F)c2F)C1. The molecule has 160 valence electrons. The molecule has 0 unspecified atom stereocenters. The Balaban J connectivity index is 1.79. The van der Waals surface area contributed by atoms with E-state index < -0.39 is 35.2 Å². The van der Waals surface area contributed by atoms with E-state index in [2.05, 4.69) is 14.7 Å². The van der Waals surface area contributed by atoms with Crippen molar-refractivity contribution in [1.82, 2.24) is 14.9 Å². The number of hydrogen-bond acceptors (Lipinski definition) is 7. The third-order valence-electron chi connectivity index (χ3n) is 4.17. The number of alkyl halides is 3. The van der Waals surface area contributed by atoms with Crippen LogP contribution >= 0.6 is 0 Å². The number of benzene rings is 1. The van der Waals surface area contributed by atoms with Gasteiger partial charge in [0.05, 0.1) is 30.2 Å². The van der Waals surface area contributed by atoms with Crippen LogP contribution in [0.1, 0.15) is 16.8 Å². The Morgan fingerprint density at radius 1 is 1.20 bits per heavy atom. The molecular formula is C17H15F5N6O2. The lowest BCUT2D eigenvalue weighted by Gasteiger charge is -2.32. The monoisotopic (exact) mass is 430 g/mol. The molecule has 0 radical (unpaired) electrons. The summed E-state index contributed by atoms with van der Waals surface area (Å²) in [5, 5.41) is 1.04. The van der Waals surface area contributed by atoms with E-state index in [1.54, 1.807) is 0 Å². The number of rotatable bonds is 4. The van der Waals surface area contributed by atoms with Gasteiger partial charge in [0.2, 0.25) is 5.95 Å². The second-order valence-electron chi connectivity index (χ2n) is 6.19. The van der Waals surface area contributed by atoms with Crippen LogP contribution in [0.15, 0.2) is 42.0 Å². The summed E-state index contributed by atoms with van der Waals surface area (Å²) >= 11 is 0. The number of nitrogens with zero attached hydrogens (tertiary/aromatic N) is 4. The van der Waals surface area contributed by atoms with Crippen molar-refractivity contribution in [1.29, 1.82) is 0 Å². The van der Waals surface area contributed by atoms with E-state index in [1.807, 2.05) is 0 Å². The fourth-order valence-electron chi connectivity index (χ4n) is 2.83. The Morgan fingerprint density at radius 3 is 2.47 bits per heavy atom. The second-order valence-corrected chi connectivity index (χ2v) is 6.19. The largest absolute Gasteiger partial charge is 0.573 e. The molecule has 0 aliphatic carbocycles. The highest BCUT2D eigenvalue weighted by Crippen LogP contribution is 2.29. The maximum Gasteiger partial charge on any atom is 0.573 e. The van der Waals surface area contributed by atoms with Gasteiger partial charge in [-0.15, -0.1) is 13.2 Å². The molecule has 4 N–H and O–H groups in total. The molecule has 0 atom stereocenters. The molecule has 30 heavy (non-hydrogen) atoms. The molecule has 0 saturated carbocycles. The van der Waals surface area contributed by atoms with Gasteiger partial charge in [-0.25, -0.2) is 29.6 Å². The number of aromatic nitrogens is 2.